The molecule has 0 aliphatic rings. The molecule has 0 aliphatic carbocycles. The normalized spacial score (nSPS) is 12.7. The summed E-state index contributed by atoms with van der Waals surface area (Å²) in [5.74, 6) is -0.407. The fourth-order valence-electron chi connectivity index (χ4n) is 2.00. The van der Waals surface area contributed by atoms with Crippen LogP contribution in [0.2, 0.25) is 0 Å². The monoisotopic (exact) mass is 301 g/mol. The van der Waals surface area contributed by atoms with Gasteiger partial charge in [0.1, 0.15) is 5.56 Å². The van der Waals surface area contributed by atoms with Crippen LogP contribution in [0.3, 0.4) is 0 Å². The summed E-state index contributed by atoms with van der Waals surface area (Å²) >= 11 is 0. The van der Waals surface area contributed by atoms with E-state index in [0.29, 0.717) is 5.69 Å². The highest BCUT2D eigenvalue weighted by Crippen LogP contribution is 2.18. The van der Waals surface area contributed by atoms with E-state index >= 15 is 0 Å². The first-order chi connectivity index (χ1) is 10.5. The number of aliphatic imine (C=N–C) groups is 1. The Morgan fingerprint density at radius 3 is 2.68 bits per heavy atom. The Bertz CT molecular complexity index is 818. The zero-order valence-corrected chi connectivity index (χ0v) is 12.8. The van der Waals surface area contributed by atoms with Gasteiger partial charge in [0.15, 0.2) is 0 Å². The number of rotatable bonds is 4. The second-order valence-corrected chi connectivity index (χ2v) is 5.15. The minimum Gasteiger partial charge on any atom is -0.493 e. The van der Waals surface area contributed by atoms with Crippen molar-refractivity contribution in [1.82, 2.24) is 9.55 Å². The minimum absolute atomic E-state index is 0.0249. The number of hydrogen-bond acceptors (Lipinski definition) is 4. The number of hydrogen-bond donors (Lipinski definition) is 2. The molecule has 1 aromatic heterocycles. The molecule has 0 bridgehead atoms. The molecule has 0 amide bonds. The van der Waals surface area contributed by atoms with Gasteiger partial charge in [0.2, 0.25) is 5.88 Å². The summed E-state index contributed by atoms with van der Waals surface area (Å²) in [5.41, 5.74) is -0.0452. The van der Waals surface area contributed by atoms with E-state index in [1.807, 2.05) is 32.9 Å². The van der Waals surface area contributed by atoms with Gasteiger partial charge < -0.3 is 5.11 Å². The van der Waals surface area contributed by atoms with Crippen molar-refractivity contribution in [3.05, 3.63) is 56.2 Å². The summed E-state index contributed by atoms with van der Waals surface area (Å²) in [7, 11) is 0. The Balaban J connectivity index is 2.68. The lowest BCUT2D eigenvalue weighted by atomic mass is 10.2. The average Bonchev–Trinajstić information content (AvgIpc) is 2.48. The Morgan fingerprint density at radius 1 is 1.36 bits per heavy atom. The first-order valence-electron chi connectivity index (χ1n) is 7.13. The van der Waals surface area contributed by atoms with Crippen molar-refractivity contribution in [2.45, 2.75) is 33.2 Å². The van der Waals surface area contributed by atoms with E-state index in [0.717, 1.165) is 16.6 Å². The molecule has 116 valence electrons. The molecule has 0 spiro atoms. The molecule has 2 N–H and O–H groups in total. The number of nitrogens with one attached hydrogen (secondary N) is 1. The fourth-order valence-corrected chi connectivity index (χ4v) is 2.00. The van der Waals surface area contributed by atoms with Crippen LogP contribution in [0.5, 0.6) is 5.88 Å². The lowest BCUT2D eigenvalue weighted by Crippen LogP contribution is -2.31. The maximum atomic E-state index is 12.1. The second kappa shape index (κ2) is 6.43. The minimum atomic E-state index is -0.683. The molecule has 2 rings (SSSR count). The third kappa shape index (κ3) is 3.00. The molecular formula is C16H19N3O3. The molecule has 0 aliphatic heterocycles. The largest absolute Gasteiger partial charge is 0.493 e. The molecule has 2 aromatic rings. The number of nitrogens with zero attached hydrogens (tertiary/aromatic N) is 2. The highest BCUT2D eigenvalue weighted by Gasteiger charge is 2.15. The number of aromatic hydroxyl groups is 1. The van der Waals surface area contributed by atoms with E-state index in [4.69, 9.17) is 0 Å². The summed E-state index contributed by atoms with van der Waals surface area (Å²) < 4.78 is 1.08. The van der Waals surface area contributed by atoms with Crippen molar-refractivity contribution < 1.29 is 5.11 Å². The van der Waals surface area contributed by atoms with Gasteiger partial charge in [0.25, 0.3) is 5.56 Å². The van der Waals surface area contributed by atoms with Gasteiger partial charge >= 0.3 is 5.69 Å². The average molecular weight is 301 g/mol. The third-order valence-corrected chi connectivity index (χ3v) is 3.53. The topological polar surface area (TPSA) is 87.4 Å². The van der Waals surface area contributed by atoms with E-state index in [2.05, 4.69) is 9.98 Å². The summed E-state index contributed by atoms with van der Waals surface area (Å²) in [4.78, 5) is 30.4. The molecule has 6 nitrogen and oxygen atoms in total. The van der Waals surface area contributed by atoms with Gasteiger partial charge in [0, 0.05) is 12.3 Å². The van der Waals surface area contributed by atoms with Crippen LogP contribution in [0.25, 0.3) is 5.69 Å². The summed E-state index contributed by atoms with van der Waals surface area (Å²) in [6, 6.07) is 7.13. The zero-order chi connectivity index (χ0) is 16.3. The molecule has 0 fully saturated rings. The lowest BCUT2D eigenvalue weighted by molar-refractivity contribution is 0.430. The van der Waals surface area contributed by atoms with Crippen molar-refractivity contribution in [3.8, 4) is 11.6 Å². The number of benzene rings is 1. The number of aryl methyl sites for hydroxylation is 1. The maximum absolute atomic E-state index is 12.1. The van der Waals surface area contributed by atoms with Crippen LogP contribution < -0.4 is 11.2 Å². The predicted octanol–water partition coefficient (Wildman–Crippen LogP) is 1.76. The zero-order valence-electron chi connectivity index (χ0n) is 12.8. The molecule has 22 heavy (non-hydrogen) atoms. The quantitative estimate of drug-likeness (QED) is 0.843. The van der Waals surface area contributed by atoms with Gasteiger partial charge in [-0.1, -0.05) is 25.1 Å². The first-order valence-corrected chi connectivity index (χ1v) is 7.13. The highest BCUT2D eigenvalue weighted by atomic mass is 16.3. The number of para-hydroxylation sites is 1. The molecule has 0 radical (unpaired) electrons. The standard InChI is InChI=1S/C16H19N3O3/c1-4-11(3)17-9-12-14(20)18-16(22)19(15(12)21)13-8-6-5-7-10(13)2/h5-9,11,21H,4H2,1-3H3,(H,18,20,22)/t11-/m0/s1. The van der Waals surface area contributed by atoms with Crippen molar-refractivity contribution in [1.29, 1.82) is 0 Å². The van der Waals surface area contributed by atoms with Crippen molar-refractivity contribution in [3.63, 3.8) is 0 Å². The van der Waals surface area contributed by atoms with E-state index in [1.54, 1.807) is 12.1 Å². The van der Waals surface area contributed by atoms with Crippen LogP contribution in [-0.4, -0.2) is 26.9 Å². The van der Waals surface area contributed by atoms with Gasteiger partial charge in [-0.3, -0.25) is 14.8 Å². The fraction of sp³-hybridized carbons (Fsp3) is 0.312. The summed E-state index contributed by atoms with van der Waals surface area (Å²) in [6.07, 6.45) is 2.13. The second-order valence-electron chi connectivity index (χ2n) is 5.15. The van der Waals surface area contributed by atoms with Gasteiger partial charge in [-0.2, -0.15) is 0 Å². The molecular weight excluding hydrogens is 282 g/mol. The first kappa shape index (κ1) is 15.8. The molecule has 0 unspecified atom stereocenters. The molecule has 0 saturated heterocycles. The van der Waals surface area contributed by atoms with Gasteiger partial charge in [-0.05, 0) is 31.9 Å². The summed E-state index contributed by atoms with van der Waals surface area (Å²) in [6.45, 7) is 5.69. The maximum Gasteiger partial charge on any atom is 0.335 e. The van der Waals surface area contributed by atoms with Gasteiger partial charge in [0.05, 0.1) is 5.69 Å². The van der Waals surface area contributed by atoms with Crippen LogP contribution in [0, 0.1) is 6.92 Å². The number of H-pyrrole nitrogens is 1. The van der Waals surface area contributed by atoms with Gasteiger partial charge in [-0.15, -0.1) is 0 Å². The van der Waals surface area contributed by atoms with Crippen LogP contribution in [0.1, 0.15) is 31.4 Å². The lowest BCUT2D eigenvalue weighted by Gasteiger charge is -2.12. The Hall–Kier alpha value is -2.63. The van der Waals surface area contributed by atoms with Crippen molar-refractivity contribution >= 4 is 6.21 Å². The molecule has 0 saturated carbocycles. The van der Waals surface area contributed by atoms with Crippen molar-refractivity contribution in [2.75, 3.05) is 0 Å². The van der Waals surface area contributed by atoms with Crippen LogP contribution >= 0.6 is 0 Å². The number of aromatic amines is 1. The van der Waals surface area contributed by atoms with Crippen molar-refractivity contribution in [2.24, 2.45) is 4.99 Å². The van der Waals surface area contributed by atoms with Crippen LogP contribution in [-0.2, 0) is 0 Å². The molecule has 6 heteroatoms. The molecule has 1 atom stereocenters. The van der Waals surface area contributed by atoms with E-state index in [-0.39, 0.29) is 11.6 Å². The van der Waals surface area contributed by atoms with Gasteiger partial charge in [-0.25, -0.2) is 9.36 Å². The SMILES string of the molecule is CC[C@H](C)N=Cc1c(O)n(-c2ccccc2C)c(=O)[nH]c1=O. The molecule has 1 heterocycles. The van der Waals surface area contributed by atoms with Crippen LogP contribution in [0.15, 0.2) is 38.8 Å². The van der Waals surface area contributed by atoms with E-state index in [1.165, 1.54) is 6.21 Å². The highest BCUT2D eigenvalue weighted by molar-refractivity contribution is 5.82. The van der Waals surface area contributed by atoms with Crippen LogP contribution in [0.4, 0.5) is 0 Å². The van der Waals surface area contributed by atoms with E-state index < -0.39 is 17.1 Å². The third-order valence-electron chi connectivity index (χ3n) is 3.53. The Labute approximate surface area is 127 Å². The smallest absolute Gasteiger partial charge is 0.335 e. The summed E-state index contributed by atoms with van der Waals surface area (Å²) in [5, 5.41) is 10.4. The molecule has 1 aromatic carbocycles. The number of aromatic nitrogens is 2. The predicted molar refractivity (Wildman–Crippen MR) is 86.4 cm³/mol. The Morgan fingerprint density at radius 2 is 2.05 bits per heavy atom. The van der Waals surface area contributed by atoms with E-state index in [9.17, 15) is 14.7 Å². The Kier molecular flexibility index (Phi) is 4.60.